The predicted octanol–water partition coefficient (Wildman–Crippen LogP) is 3.04. The van der Waals surface area contributed by atoms with E-state index in [0.29, 0.717) is 11.3 Å². The van der Waals surface area contributed by atoms with Crippen molar-refractivity contribution in [2.75, 3.05) is 12.4 Å². The molecule has 3 aromatic carbocycles. The molecule has 2 aromatic heterocycles. The van der Waals surface area contributed by atoms with Crippen molar-refractivity contribution < 1.29 is 19.4 Å². The zero-order chi connectivity index (χ0) is 27.5. The first-order valence-electron chi connectivity index (χ1n) is 11.7. The van der Waals surface area contributed by atoms with E-state index in [1.54, 1.807) is 49.6 Å². The summed E-state index contributed by atoms with van der Waals surface area (Å²) in [4.78, 5) is 52.8. The summed E-state index contributed by atoms with van der Waals surface area (Å²) < 4.78 is 6.56. The summed E-state index contributed by atoms with van der Waals surface area (Å²) in [6, 6.07) is 18.0. The Labute approximate surface area is 220 Å². The number of amides is 1. The number of aromatic carboxylic acids is 1. The van der Waals surface area contributed by atoms with Gasteiger partial charge in [0.25, 0.3) is 5.56 Å². The Kier molecular flexibility index (Phi) is 6.70. The van der Waals surface area contributed by atoms with E-state index in [1.807, 2.05) is 12.1 Å². The molecular formula is C28H21N5O6. The van der Waals surface area contributed by atoms with Gasteiger partial charge in [-0.2, -0.15) is 0 Å². The first kappa shape index (κ1) is 25.1. The van der Waals surface area contributed by atoms with Crippen LogP contribution in [0.1, 0.15) is 21.5 Å². The van der Waals surface area contributed by atoms with Crippen LogP contribution in [-0.4, -0.2) is 44.1 Å². The van der Waals surface area contributed by atoms with Crippen molar-refractivity contribution in [3.8, 4) is 5.75 Å². The number of carbonyl (C=O) groups excluding carboxylic acids is 1. The number of anilines is 1. The van der Waals surface area contributed by atoms with Gasteiger partial charge in [-0.05, 0) is 53.6 Å². The molecule has 0 fully saturated rings. The number of para-hydroxylation sites is 1. The highest BCUT2D eigenvalue weighted by Crippen LogP contribution is 2.17. The molecule has 0 saturated carbocycles. The number of H-pyrrole nitrogens is 1. The van der Waals surface area contributed by atoms with Crippen LogP contribution in [0.2, 0.25) is 0 Å². The standard InChI is InChI=1S/C28H21N5O6/c1-39-18-10-6-17(7-11-18)15-33-25-24(31-32-33)27(36)30-22-14-16(8-12-19(22)26(25)35)9-13-23(34)29-21-5-3-2-4-20(21)28(37)38/h2-14H,15H2,1H3,(H,29,34)(H,30,36)(H,37,38)/b13-9+. The molecule has 2 heterocycles. The van der Waals surface area contributed by atoms with Gasteiger partial charge in [0.05, 0.1) is 30.4 Å². The van der Waals surface area contributed by atoms with Crippen molar-refractivity contribution in [3.05, 3.63) is 110 Å². The number of rotatable bonds is 7. The van der Waals surface area contributed by atoms with Crippen molar-refractivity contribution in [2.24, 2.45) is 0 Å². The number of carboxylic acid groups (broad SMARTS) is 1. The highest BCUT2D eigenvalue weighted by molar-refractivity contribution is 6.06. The van der Waals surface area contributed by atoms with Crippen LogP contribution in [0, 0.1) is 0 Å². The Balaban J connectivity index is 1.47. The summed E-state index contributed by atoms with van der Waals surface area (Å²) in [6.07, 6.45) is 2.71. The molecule has 3 N–H and O–H groups in total. The molecule has 0 saturated heterocycles. The van der Waals surface area contributed by atoms with Crippen LogP contribution in [0.15, 0.2) is 82.4 Å². The maximum Gasteiger partial charge on any atom is 0.337 e. The monoisotopic (exact) mass is 523 g/mol. The molecule has 0 unspecified atom stereocenters. The Bertz CT molecular complexity index is 1890. The molecule has 0 aliphatic rings. The number of aromatic amines is 1. The lowest BCUT2D eigenvalue weighted by molar-refractivity contribution is -0.111. The topological polar surface area (TPSA) is 156 Å². The molecule has 5 rings (SSSR count). The molecule has 0 aliphatic carbocycles. The van der Waals surface area contributed by atoms with E-state index in [9.17, 15) is 24.3 Å². The summed E-state index contributed by atoms with van der Waals surface area (Å²) in [5, 5.41) is 20.0. The summed E-state index contributed by atoms with van der Waals surface area (Å²) >= 11 is 0. The Morgan fingerprint density at radius 3 is 2.59 bits per heavy atom. The predicted molar refractivity (Wildman–Crippen MR) is 145 cm³/mol. The van der Waals surface area contributed by atoms with E-state index < -0.39 is 22.9 Å². The summed E-state index contributed by atoms with van der Waals surface area (Å²) in [5.41, 5.74) is 0.737. The SMILES string of the molecule is COc1ccc(Cn2nnc3c(=O)[nH]c4cc(/C=C/C(=O)Nc5ccccc5C(=O)O)ccc4c(=O)c32)cc1. The molecule has 39 heavy (non-hydrogen) atoms. The minimum Gasteiger partial charge on any atom is -0.497 e. The second kappa shape index (κ2) is 10.4. The average Bonchev–Trinajstić information content (AvgIpc) is 3.31. The fourth-order valence-electron chi connectivity index (χ4n) is 4.11. The number of nitrogens with one attached hydrogen (secondary N) is 2. The van der Waals surface area contributed by atoms with E-state index in [2.05, 4.69) is 20.6 Å². The number of hydrogen-bond donors (Lipinski definition) is 3. The van der Waals surface area contributed by atoms with Gasteiger partial charge in [0.15, 0.2) is 5.52 Å². The Morgan fingerprint density at radius 1 is 1.08 bits per heavy atom. The van der Waals surface area contributed by atoms with Crippen molar-refractivity contribution in [3.63, 3.8) is 0 Å². The number of benzene rings is 3. The maximum atomic E-state index is 13.5. The number of ether oxygens (including phenoxy) is 1. The van der Waals surface area contributed by atoms with Gasteiger partial charge >= 0.3 is 5.97 Å². The molecule has 194 valence electrons. The number of methoxy groups -OCH3 is 1. The maximum absolute atomic E-state index is 13.5. The number of hydrogen-bond acceptors (Lipinski definition) is 7. The lowest BCUT2D eigenvalue weighted by Crippen LogP contribution is -2.11. The number of nitrogens with zero attached hydrogens (tertiary/aromatic N) is 3. The zero-order valence-electron chi connectivity index (χ0n) is 20.5. The third-order valence-corrected chi connectivity index (χ3v) is 6.04. The number of carboxylic acids is 1. The number of fused-ring (bicyclic) bond motifs is 2. The van der Waals surface area contributed by atoms with E-state index >= 15 is 0 Å². The van der Waals surface area contributed by atoms with Crippen molar-refractivity contribution in [1.82, 2.24) is 20.0 Å². The first-order chi connectivity index (χ1) is 18.8. The normalized spacial score (nSPS) is 11.2. The van der Waals surface area contributed by atoms with Crippen molar-refractivity contribution in [1.29, 1.82) is 0 Å². The number of aromatic nitrogens is 4. The highest BCUT2D eigenvalue weighted by atomic mass is 16.5. The highest BCUT2D eigenvalue weighted by Gasteiger charge is 2.15. The molecule has 11 heteroatoms. The second-order valence-electron chi connectivity index (χ2n) is 8.55. The summed E-state index contributed by atoms with van der Waals surface area (Å²) in [7, 11) is 1.57. The third-order valence-electron chi connectivity index (χ3n) is 6.04. The minimum atomic E-state index is -1.16. The molecule has 0 atom stereocenters. The van der Waals surface area contributed by atoms with Gasteiger partial charge in [0, 0.05) is 11.5 Å². The number of carbonyl (C=O) groups is 2. The van der Waals surface area contributed by atoms with Crippen LogP contribution in [0.25, 0.3) is 28.0 Å². The van der Waals surface area contributed by atoms with Gasteiger partial charge < -0.3 is 20.1 Å². The quantitative estimate of drug-likeness (QED) is 0.275. The van der Waals surface area contributed by atoms with Gasteiger partial charge in [-0.3, -0.25) is 14.4 Å². The van der Waals surface area contributed by atoms with Crippen molar-refractivity contribution >= 4 is 45.6 Å². The van der Waals surface area contributed by atoms with Crippen LogP contribution in [0.5, 0.6) is 5.75 Å². The molecule has 0 bridgehead atoms. The van der Waals surface area contributed by atoms with Gasteiger partial charge in [-0.25, -0.2) is 9.48 Å². The van der Waals surface area contributed by atoms with Crippen LogP contribution in [0.3, 0.4) is 0 Å². The molecule has 0 radical (unpaired) electrons. The van der Waals surface area contributed by atoms with Crippen LogP contribution in [0.4, 0.5) is 5.69 Å². The minimum absolute atomic E-state index is 0.0377. The molecule has 0 spiro atoms. The summed E-state index contributed by atoms with van der Waals surface area (Å²) in [5.74, 6) is -1.02. The first-order valence-corrected chi connectivity index (χ1v) is 11.7. The lowest BCUT2D eigenvalue weighted by atomic mass is 10.1. The van der Waals surface area contributed by atoms with E-state index in [1.165, 1.54) is 29.0 Å². The van der Waals surface area contributed by atoms with Gasteiger partial charge in [-0.15, -0.1) is 5.10 Å². The lowest BCUT2D eigenvalue weighted by Gasteiger charge is -2.05. The van der Waals surface area contributed by atoms with Gasteiger partial charge in [-0.1, -0.05) is 35.5 Å². The third kappa shape index (κ3) is 5.14. The summed E-state index contributed by atoms with van der Waals surface area (Å²) in [6.45, 7) is 0.224. The van der Waals surface area contributed by atoms with Crippen LogP contribution in [-0.2, 0) is 11.3 Å². The van der Waals surface area contributed by atoms with E-state index in [0.717, 1.165) is 5.56 Å². The zero-order valence-corrected chi connectivity index (χ0v) is 20.5. The molecule has 0 aliphatic heterocycles. The van der Waals surface area contributed by atoms with Crippen LogP contribution >= 0.6 is 0 Å². The van der Waals surface area contributed by atoms with E-state index in [4.69, 9.17) is 4.74 Å². The molecule has 5 aromatic rings. The molecule has 11 nitrogen and oxygen atoms in total. The van der Waals surface area contributed by atoms with Gasteiger partial charge in [0.1, 0.15) is 11.3 Å². The smallest absolute Gasteiger partial charge is 0.337 e. The fourth-order valence-corrected chi connectivity index (χ4v) is 4.11. The average molecular weight is 524 g/mol. The largest absolute Gasteiger partial charge is 0.497 e. The van der Waals surface area contributed by atoms with Gasteiger partial charge in [0.2, 0.25) is 11.3 Å². The van der Waals surface area contributed by atoms with Crippen molar-refractivity contribution in [2.45, 2.75) is 6.54 Å². The second-order valence-corrected chi connectivity index (χ2v) is 8.55. The Hall–Kier alpha value is -5.58. The van der Waals surface area contributed by atoms with Crippen LogP contribution < -0.4 is 21.0 Å². The molecule has 1 amide bonds. The Morgan fingerprint density at radius 2 is 1.85 bits per heavy atom. The fraction of sp³-hybridized carbons (Fsp3) is 0.0714. The molecular weight excluding hydrogens is 502 g/mol. The van der Waals surface area contributed by atoms with E-state index in [-0.39, 0.29) is 39.7 Å².